The van der Waals surface area contributed by atoms with Gasteiger partial charge in [-0.25, -0.2) is 0 Å². The van der Waals surface area contributed by atoms with Crippen molar-refractivity contribution >= 4 is 5.69 Å². The van der Waals surface area contributed by atoms with Crippen molar-refractivity contribution < 1.29 is 0 Å². The number of hydrogen-bond donors (Lipinski definition) is 1. The summed E-state index contributed by atoms with van der Waals surface area (Å²) in [4.78, 5) is 2.38. The summed E-state index contributed by atoms with van der Waals surface area (Å²) in [6, 6.07) is 8.91. The molecule has 2 heteroatoms. The Kier molecular flexibility index (Phi) is 4.19. The summed E-state index contributed by atoms with van der Waals surface area (Å²) in [6.45, 7) is 7.88. The lowest BCUT2D eigenvalue weighted by Gasteiger charge is -2.43. The first kappa shape index (κ1) is 14.4. The van der Waals surface area contributed by atoms with Crippen LogP contribution in [0.15, 0.2) is 24.3 Å². The zero-order valence-corrected chi connectivity index (χ0v) is 12.8. The van der Waals surface area contributed by atoms with E-state index >= 15 is 0 Å². The van der Waals surface area contributed by atoms with E-state index in [9.17, 15) is 0 Å². The molecule has 0 aliphatic heterocycles. The first-order chi connectivity index (χ1) is 8.92. The normalized spacial score (nSPS) is 26.2. The van der Waals surface area contributed by atoms with Gasteiger partial charge in [0.25, 0.3) is 0 Å². The number of hydrogen-bond acceptors (Lipinski definition) is 2. The highest BCUT2D eigenvalue weighted by Crippen LogP contribution is 2.38. The van der Waals surface area contributed by atoms with Crippen LogP contribution in [0.3, 0.4) is 0 Å². The molecule has 0 heterocycles. The molecule has 1 aromatic rings. The molecule has 2 atom stereocenters. The SMILES string of the molecule is Cc1ccccc1N(C)CC1CCCC(C)(C)C1N. The molecule has 1 saturated carbocycles. The highest BCUT2D eigenvalue weighted by Gasteiger charge is 2.36. The fraction of sp³-hybridized carbons (Fsp3) is 0.647. The molecule has 0 bridgehead atoms. The van der Waals surface area contributed by atoms with Gasteiger partial charge in [-0.05, 0) is 42.7 Å². The molecule has 106 valence electrons. The van der Waals surface area contributed by atoms with Gasteiger partial charge in [0.15, 0.2) is 0 Å². The van der Waals surface area contributed by atoms with Crippen LogP contribution in [0, 0.1) is 18.3 Å². The van der Waals surface area contributed by atoms with Gasteiger partial charge >= 0.3 is 0 Å². The Morgan fingerprint density at radius 3 is 2.68 bits per heavy atom. The number of para-hydroxylation sites is 1. The number of rotatable bonds is 3. The van der Waals surface area contributed by atoms with Crippen molar-refractivity contribution in [3.63, 3.8) is 0 Å². The first-order valence-corrected chi connectivity index (χ1v) is 7.44. The van der Waals surface area contributed by atoms with Gasteiger partial charge in [-0.2, -0.15) is 0 Å². The Bertz CT molecular complexity index is 425. The van der Waals surface area contributed by atoms with Crippen LogP contribution in [0.4, 0.5) is 5.69 Å². The minimum Gasteiger partial charge on any atom is -0.374 e. The largest absolute Gasteiger partial charge is 0.374 e. The van der Waals surface area contributed by atoms with Crippen molar-refractivity contribution in [2.45, 2.75) is 46.1 Å². The Morgan fingerprint density at radius 2 is 2.00 bits per heavy atom. The number of anilines is 1. The lowest BCUT2D eigenvalue weighted by molar-refractivity contribution is 0.142. The van der Waals surface area contributed by atoms with Gasteiger partial charge in [0.05, 0.1) is 0 Å². The van der Waals surface area contributed by atoms with Crippen LogP contribution in [-0.2, 0) is 0 Å². The fourth-order valence-corrected chi connectivity index (χ4v) is 3.45. The van der Waals surface area contributed by atoms with E-state index in [-0.39, 0.29) is 5.41 Å². The predicted octanol–water partition coefficient (Wildman–Crippen LogP) is 3.58. The second kappa shape index (κ2) is 5.54. The average molecular weight is 260 g/mol. The summed E-state index contributed by atoms with van der Waals surface area (Å²) < 4.78 is 0. The maximum atomic E-state index is 6.49. The minimum atomic E-state index is 0.287. The van der Waals surface area contributed by atoms with Gasteiger partial charge in [0.2, 0.25) is 0 Å². The van der Waals surface area contributed by atoms with E-state index in [0.717, 1.165) is 6.54 Å². The molecule has 2 nitrogen and oxygen atoms in total. The number of aryl methyl sites for hydroxylation is 1. The highest BCUT2D eigenvalue weighted by atomic mass is 15.1. The number of nitrogens with two attached hydrogens (primary N) is 1. The summed E-state index contributed by atoms with van der Waals surface area (Å²) >= 11 is 0. The van der Waals surface area contributed by atoms with Crippen molar-refractivity contribution in [2.24, 2.45) is 17.1 Å². The second-order valence-electron chi connectivity index (χ2n) is 6.83. The number of benzene rings is 1. The van der Waals surface area contributed by atoms with Gasteiger partial charge in [-0.3, -0.25) is 0 Å². The van der Waals surface area contributed by atoms with E-state index in [0.29, 0.717) is 12.0 Å². The molecule has 0 spiro atoms. The topological polar surface area (TPSA) is 29.3 Å². The van der Waals surface area contributed by atoms with Crippen LogP contribution < -0.4 is 10.6 Å². The van der Waals surface area contributed by atoms with E-state index < -0.39 is 0 Å². The van der Waals surface area contributed by atoms with Gasteiger partial charge in [0, 0.05) is 25.3 Å². The zero-order valence-electron chi connectivity index (χ0n) is 12.8. The third-order valence-electron chi connectivity index (χ3n) is 4.84. The van der Waals surface area contributed by atoms with Gasteiger partial charge in [-0.15, -0.1) is 0 Å². The maximum Gasteiger partial charge on any atom is 0.0393 e. The van der Waals surface area contributed by atoms with Crippen molar-refractivity contribution in [2.75, 3.05) is 18.5 Å². The zero-order chi connectivity index (χ0) is 14.0. The molecule has 2 rings (SSSR count). The van der Waals surface area contributed by atoms with E-state index in [2.05, 4.69) is 57.0 Å². The molecule has 2 N–H and O–H groups in total. The molecule has 0 radical (unpaired) electrons. The van der Waals surface area contributed by atoms with E-state index in [1.165, 1.54) is 30.5 Å². The Balaban J connectivity index is 2.07. The molecule has 19 heavy (non-hydrogen) atoms. The molecule has 1 aliphatic carbocycles. The lowest BCUT2D eigenvalue weighted by atomic mass is 9.68. The predicted molar refractivity (Wildman–Crippen MR) is 83.5 cm³/mol. The summed E-state index contributed by atoms with van der Waals surface area (Å²) in [6.07, 6.45) is 3.84. The second-order valence-corrected chi connectivity index (χ2v) is 6.83. The Labute approximate surface area is 118 Å². The third-order valence-corrected chi connectivity index (χ3v) is 4.84. The maximum absolute atomic E-state index is 6.49. The summed E-state index contributed by atoms with van der Waals surface area (Å²) in [5.74, 6) is 0.605. The van der Waals surface area contributed by atoms with E-state index in [1.54, 1.807) is 0 Å². The van der Waals surface area contributed by atoms with Crippen LogP contribution in [0.2, 0.25) is 0 Å². The van der Waals surface area contributed by atoms with Crippen molar-refractivity contribution in [1.82, 2.24) is 0 Å². The van der Waals surface area contributed by atoms with E-state index in [4.69, 9.17) is 5.73 Å². The molecular weight excluding hydrogens is 232 g/mol. The summed E-state index contributed by atoms with van der Waals surface area (Å²) in [5.41, 5.74) is 9.45. The minimum absolute atomic E-state index is 0.287. The van der Waals surface area contributed by atoms with Crippen LogP contribution >= 0.6 is 0 Å². The van der Waals surface area contributed by atoms with E-state index in [1.807, 2.05) is 0 Å². The average Bonchev–Trinajstić information content (AvgIpc) is 2.35. The molecule has 2 unspecified atom stereocenters. The molecular formula is C17H28N2. The lowest BCUT2D eigenvalue weighted by Crippen LogP contribution is -2.49. The number of nitrogens with zero attached hydrogens (tertiary/aromatic N) is 1. The van der Waals surface area contributed by atoms with Crippen LogP contribution in [0.1, 0.15) is 38.7 Å². The standard InChI is InChI=1S/C17H28N2/c1-13-8-5-6-10-15(13)19(4)12-14-9-7-11-17(2,3)16(14)18/h5-6,8,10,14,16H,7,9,11-12,18H2,1-4H3. The van der Waals surface area contributed by atoms with Crippen molar-refractivity contribution in [3.8, 4) is 0 Å². The van der Waals surface area contributed by atoms with Crippen LogP contribution in [-0.4, -0.2) is 19.6 Å². The van der Waals surface area contributed by atoms with Crippen LogP contribution in [0.25, 0.3) is 0 Å². The molecule has 0 saturated heterocycles. The van der Waals surface area contributed by atoms with Gasteiger partial charge in [-0.1, -0.05) is 38.5 Å². The third kappa shape index (κ3) is 3.11. The molecule has 0 aromatic heterocycles. The molecule has 1 aromatic carbocycles. The van der Waals surface area contributed by atoms with Gasteiger partial charge in [0.1, 0.15) is 0 Å². The quantitative estimate of drug-likeness (QED) is 0.900. The molecule has 1 fully saturated rings. The molecule has 0 amide bonds. The highest BCUT2D eigenvalue weighted by molar-refractivity contribution is 5.52. The van der Waals surface area contributed by atoms with Crippen LogP contribution in [0.5, 0.6) is 0 Å². The first-order valence-electron chi connectivity index (χ1n) is 7.44. The summed E-state index contributed by atoms with van der Waals surface area (Å²) in [5, 5.41) is 0. The Morgan fingerprint density at radius 1 is 1.32 bits per heavy atom. The monoisotopic (exact) mass is 260 g/mol. The fourth-order valence-electron chi connectivity index (χ4n) is 3.45. The summed E-state index contributed by atoms with van der Waals surface area (Å²) in [7, 11) is 2.19. The Hall–Kier alpha value is -1.02. The smallest absolute Gasteiger partial charge is 0.0393 e. The van der Waals surface area contributed by atoms with Crippen molar-refractivity contribution in [1.29, 1.82) is 0 Å². The van der Waals surface area contributed by atoms with Gasteiger partial charge < -0.3 is 10.6 Å². The molecule has 1 aliphatic rings. The van der Waals surface area contributed by atoms with Crippen molar-refractivity contribution in [3.05, 3.63) is 29.8 Å².